The number of nitrogens with zero attached hydrogens (tertiary/aromatic N) is 4. The van der Waals surface area contributed by atoms with Crippen molar-refractivity contribution in [3.05, 3.63) is 47.6 Å². The van der Waals surface area contributed by atoms with Crippen LogP contribution >= 0.6 is 0 Å². The van der Waals surface area contributed by atoms with Crippen LogP contribution in [-0.4, -0.2) is 59.8 Å². The van der Waals surface area contributed by atoms with Crippen LogP contribution in [0, 0.1) is 0 Å². The van der Waals surface area contributed by atoms with Gasteiger partial charge in [-0.25, -0.2) is 4.79 Å². The molecule has 7 nitrogen and oxygen atoms in total. The minimum Gasteiger partial charge on any atom is -0.376 e. The number of hydrogen-bond acceptors (Lipinski definition) is 5. The first kappa shape index (κ1) is 18.4. The van der Waals surface area contributed by atoms with Gasteiger partial charge in [0.15, 0.2) is 5.82 Å². The molecule has 7 heteroatoms. The van der Waals surface area contributed by atoms with Crippen molar-refractivity contribution >= 4 is 6.03 Å². The van der Waals surface area contributed by atoms with Gasteiger partial charge >= 0.3 is 6.03 Å². The van der Waals surface area contributed by atoms with Crippen molar-refractivity contribution in [2.24, 2.45) is 0 Å². The van der Waals surface area contributed by atoms with Gasteiger partial charge < -0.3 is 19.1 Å². The fraction of sp³-hybridized carbons (Fsp3) is 0.526. The fourth-order valence-corrected chi connectivity index (χ4v) is 3.10. The van der Waals surface area contributed by atoms with Gasteiger partial charge in [-0.15, -0.1) is 0 Å². The smallest absolute Gasteiger partial charge is 0.319 e. The quantitative estimate of drug-likeness (QED) is 0.743. The Morgan fingerprint density at radius 1 is 1.35 bits per heavy atom. The molecule has 2 heterocycles. The van der Waals surface area contributed by atoms with Crippen LogP contribution in [-0.2, 0) is 17.8 Å². The van der Waals surface area contributed by atoms with Crippen molar-refractivity contribution in [3.8, 4) is 0 Å². The van der Waals surface area contributed by atoms with Crippen molar-refractivity contribution in [2.45, 2.75) is 31.8 Å². The maximum absolute atomic E-state index is 12.1. The zero-order chi connectivity index (χ0) is 18.4. The molecular formula is C19H26N4O3. The maximum Gasteiger partial charge on any atom is 0.319 e. The van der Waals surface area contributed by atoms with Crippen molar-refractivity contribution in [2.75, 3.05) is 33.8 Å². The molecule has 0 radical (unpaired) electrons. The minimum atomic E-state index is 0.0313. The van der Waals surface area contributed by atoms with Crippen LogP contribution < -0.4 is 0 Å². The maximum atomic E-state index is 12.1. The molecule has 2 aromatic rings. The van der Waals surface area contributed by atoms with Gasteiger partial charge in [0, 0.05) is 33.6 Å². The molecule has 0 spiro atoms. The zero-order valence-corrected chi connectivity index (χ0v) is 15.4. The molecule has 1 aliphatic rings. The van der Waals surface area contributed by atoms with Gasteiger partial charge in [-0.3, -0.25) is 0 Å². The monoisotopic (exact) mass is 358 g/mol. The summed E-state index contributed by atoms with van der Waals surface area (Å²) in [7, 11) is 3.54. The van der Waals surface area contributed by atoms with Gasteiger partial charge in [-0.1, -0.05) is 35.5 Å². The number of amides is 2. The number of carbonyl (C=O) groups excluding carboxylic acids is 1. The standard InChI is InChI=1S/C19H26N4O3/c1-22(2)19(24)23-11-6-9-16(13-23)18-20-17(21-26-18)10-12-25-14-15-7-4-3-5-8-15/h3-5,7-8,16H,6,9-14H2,1-2H3. The predicted octanol–water partition coefficient (Wildman–Crippen LogP) is 2.69. The molecule has 0 saturated carbocycles. The topological polar surface area (TPSA) is 71.7 Å². The van der Waals surface area contributed by atoms with Gasteiger partial charge in [-0.05, 0) is 18.4 Å². The third-order valence-corrected chi connectivity index (χ3v) is 4.49. The first-order valence-electron chi connectivity index (χ1n) is 9.04. The van der Waals surface area contributed by atoms with Crippen LogP contribution in [0.5, 0.6) is 0 Å². The number of aromatic nitrogens is 2. The van der Waals surface area contributed by atoms with E-state index in [1.165, 1.54) is 0 Å². The van der Waals surface area contributed by atoms with Crippen molar-refractivity contribution < 1.29 is 14.1 Å². The Morgan fingerprint density at radius 2 is 2.15 bits per heavy atom. The number of hydrogen-bond donors (Lipinski definition) is 0. The molecule has 140 valence electrons. The largest absolute Gasteiger partial charge is 0.376 e. The third-order valence-electron chi connectivity index (χ3n) is 4.49. The summed E-state index contributed by atoms with van der Waals surface area (Å²) in [6.07, 6.45) is 2.52. The van der Waals surface area contributed by atoms with E-state index in [-0.39, 0.29) is 11.9 Å². The van der Waals surface area contributed by atoms with E-state index in [0.717, 1.165) is 24.9 Å². The molecule has 1 unspecified atom stereocenters. The highest BCUT2D eigenvalue weighted by atomic mass is 16.5. The van der Waals surface area contributed by atoms with E-state index in [9.17, 15) is 4.79 Å². The lowest BCUT2D eigenvalue weighted by atomic mass is 9.98. The highest BCUT2D eigenvalue weighted by molar-refractivity contribution is 5.74. The van der Waals surface area contributed by atoms with Crippen LogP contribution in [0.25, 0.3) is 0 Å². The number of rotatable bonds is 6. The van der Waals surface area contributed by atoms with Crippen molar-refractivity contribution in [1.29, 1.82) is 0 Å². The average molecular weight is 358 g/mol. The Labute approximate surface area is 153 Å². The first-order chi connectivity index (χ1) is 12.6. The average Bonchev–Trinajstić information content (AvgIpc) is 3.14. The SMILES string of the molecule is CN(C)C(=O)N1CCCC(c2nc(CCOCc3ccccc3)no2)C1. The minimum absolute atomic E-state index is 0.0313. The summed E-state index contributed by atoms with van der Waals surface area (Å²) in [6.45, 7) is 2.53. The van der Waals surface area contributed by atoms with Gasteiger partial charge in [0.2, 0.25) is 5.89 Å². The van der Waals surface area contributed by atoms with Gasteiger partial charge in [0.1, 0.15) is 0 Å². The first-order valence-corrected chi connectivity index (χ1v) is 9.04. The lowest BCUT2D eigenvalue weighted by molar-refractivity contribution is 0.122. The second-order valence-corrected chi connectivity index (χ2v) is 6.80. The molecule has 0 N–H and O–H groups in total. The Hall–Kier alpha value is -2.41. The van der Waals surface area contributed by atoms with Crippen LogP contribution in [0.3, 0.4) is 0 Å². The summed E-state index contributed by atoms with van der Waals surface area (Å²) in [4.78, 5) is 20.1. The molecule has 1 saturated heterocycles. The van der Waals surface area contributed by atoms with Crippen molar-refractivity contribution in [1.82, 2.24) is 19.9 Å². The van der Waals surface area contributed by atoms with Crippen LogP contribution in [0.4, 0.5) is 4.79 Å². The van der Waals surface area contributed by atoms with E-state index < -0.39 is 0 Å². The lowest BCUT2D eigenvalue weighted by Crippen LogP contribution is -2.44. The number of benzene rings is 1. The van der Waals surface area contributed by atoms with E-state index in [4.69, 9.17) is 9.26 Å². The summed E-state index contributed by atoms with van der Waals surface area (Å²) in [5, 5.41) is 4.06. The zero-order valence-electron chi connectivity index (χ0n) is 15.4. The van der Waals surface area contributed by atoms with E-state index in [0.29, 0.717) is 37.9 Å². The Morgan fingerprint density at radius 3 is 2.92 bits per heavy atom. The Kier molecular flexibility index (Phi) is 6.22. The molecule has 0 bridgehead atoms. The summed E-state index contributed by atoms with van der Waals surface area (Å²) < 4.78 is 11.1. The van der Waals surface area contributed by atoms with Gasteiger partial charge in [-0.2, -0.15) is 4.98 Å². The van der Waals surface area contributed by atoms with Crippen molar-refractivity contribution in [3.63, 3.8) is 0 Å². The fourth-order valence-electron chi connectivity index (χ4n) is 3.10. The number of piperidine rings is 1. The molecule has 1 aliphatic heterocycles. The summed E-state index contributed by atoms with van der Waals surface area (Å²) in [5.41, 5.74) is 1.15. The summed E-state index contributed by atoms with van der Waals surface area (Å²) in [5.74, 6) is 1.39. The second-order valence-electron chi connectivity index (χ2n) is 6.80. The van der Waals surface area contributed by atoms with E-state index in [2.05, 4.69) is 10.1 Å². The number of carbonyl (C=O) groups is 1. The summed E-state index contributed by atoms with van der Waals surface area (Å²) >= 11 is 0. The normalized spacial score (nSPS) is 17.3. The van der Waals surface area contributed by atoms with Crippen LogP contribution in [0.2, 0.25) is 0 Å². The van der Waals surface area contributed by atoms with E-state index in [1.54, 1.807) is 19.0 Å². The molecule has 0 aliphatic carbocycles. The number of urea groups is 1. The molecule has 2 amide bonds. The highest BCUT2D eigenvalue weighted by Crippen LogP contribution is 2.26. The lowest BCUT2D eigenvalue weighted by Gasteiger charge is -2.32. The number of ether oxygens (including phenoxy) is 1. The molecular weight excluding hydrogens is 332 g/mol. The molecule has 26 heavy (non-hydrogen) atoms. The van der Waals surface area contributed by atoms with Gasteiger partial charge in [0.05, 0.1) is 19.1 Å². The Bertz CT molecular complexity index is 702. The highest BCUT2D eigenvalue weighted by Gasteiger charge is 2.29. The van der Waals surface area contributed by atoms with E-state index >= 15 is 0 Å². The molecule has 1 aromatic carbocycles. The third kappa shape index (κ3) is 4.82. The molecule has 3 rings (SSSR count). The molecule has 1 atom stereocenters. The summed E-state index contributed by atoms with van der Waals surface area (Å²) in [6, 6.07) is 10.1. The predicted molar refractivity (Wildman–Crippen MR) is 96.7 cm³/mol. The molecule has 1 aromatic heterocycles. The second kappa shape index (κ2) is 8.80. The molecule has 1 fully saturated rings. The Balaban J connectivity index is 1.47. The van der Waals surface area contributed by atoms with Gasteiger partial charge in [0.25, 0.3) is 0 Å². The van der Waals surface area contributed by atoms with Crippen LogP contribution in [0.15, 0.2) is 34.9 Å². The van der Waals surface area contributed by atoms with Crippen LogP contribution in [0.1, 0.15) is 36.0 Å². The number of likely N-dealkylation sites (tertiary alicyclic amines) is 1. The van der Waals surface area contributed by atoms with E-state index in [1.807, 2.05) is 35.2 Å².